The summed E-state index contributed by atoms with van der Waals surface area (Å²) in [6.45, 7) is -3.68. The lowest BCUT2D eigenvalue weighted by Crippen LogP contribution is -2.35. The maximum absolute atomic E-state index is 12.4. The number of primary amides is 1. The summed E-state index contributed by atoms with van der Waals surface area (Å²) in [5.41, 5.74) is 5.66. The lowest BCUT2D eigenvalue weighted by Gasteiger charge is -2.18. The minimum Gasteiger partial charge on any atom is -0.493 e. The van der Waals surface area contributed by atoms with Gasteiger partial charge in [0, 0.05) is 10.6 Å². The average molecular weight is 457 g/mol. The summed E-state index contributed by atoms with van der Waals surface area (Å²) >= 11 is 6.10. The molecular weight excluding hydrogens is 438 g/mol. The molecule has 8 nitrogen and oxygen atoms in total. The summed E-state index contributed by atoms with van der Waals surface area (Å²) in [6, 6.07) is 8.37. The maximum Gasteiger partial charge on any atom is 0.387 e. The van der Waals surface area contributed by atoms with Gasteiger partial charge in [-0.1, -0.05) is 29.8 Å². The summed E-state index contributed by atoms with van der Waals surface area (Å²) in [4.78, 5) is 35.8. The molecule has 0 spiro atoms. The molecule has 0 aromatic heterocycles. The molecule has 31 heavy (non-hydrogen) atoms. The number of nitrogens with one attached hydrogen (secondary N) is 1. The Morgan fingerprint density at radius 3 is 2.45 bits per heavy atom. The molecule has 2 aromatic rings. The van der Waals surface area contributed by atoms with E-state index in [0.29, 0.717) is 10.6 Å². The summed E-state index contributed by atoms with van der Waals surface area (Å²) in [5, 5.41) is 2.71. The quantitative estimate of drug-likeness (QED) is 0.417. The van der Waals surface area contributed by atoms with Crippen molar-refractivity contribution in [2.24, 2.45) is 5.73 Å². The number of halogens is 3. The maximum atomic E-state index is 12.4. The van der Waals surface area contributed by atoms with Crippen LogP contribution in [0.3, 0.4) is 0 Å². The number of esters is 1. The Bertz CT molecular complexity index is 957. The van der Waals surface area contributed by atoms with Crippen LogP contribution in [0.5, 0.6) is 11.5 Å². The molecule has 0 aliphatic heterocycles. The standard InChI is InChI=1S/C20H19ClF2N2O6/c1-29-17-8-11(6-7-16(17)31-19(22)23)15(26)10-30-18(27)9-14(25-20(24)28)12-4-2-3-5-13(12)21/h2-8,14,19H,9-10H2,1H3,(H3,24,25,28)/t14-/m1/s1. The van der Waals surface area contributed by atoms with Crippen molar-refractivity contribution >= 4 is 29.4 Å². The lowest BCUT2D eigenvalue weighted by atomic mass is 10.0. The van der Waals surface area contributed by atoms with Crippen molar-refractivity contribution in [3.05, 3.63) is 58.6 Å². The fourth-order valence-electron chi connectivity index (χ4n) is 2.66. The van der Waals surface area contributed by atoms with E-state index in [1.54, 1.807) is 24.3 Å². The molecule has 3 N–H and O–H groups in total. The number of rotatable bonds is 10. The number of carbonyl (C=O) groups is 3. The second kappa shape index (κ2) is 11.1. The number of Topliss-reactive ketones (excluding diaryl/α,β-unsaturated/α-hetero) is 1. The van der Waals surface area contributed by atoms with Gasteiger partial charge in [0.15, 0.2) is 23.9 Å². The molecule has 0 unspecified atom stereocenters. The smallest absolute Gasteiger partial charge is 0.387 e. The first kappa shape index (κ1) is 23.9. The molecule has 0 saturated heterocycles. The third-order valence-corrected chi connectivity index (χ3v) is 4.38. The third-order valence-electron chi connectivity index (χ3n) is 4.03. The van der Waals surface area contributed by atoms with Crippen molar-refractivity contribution in [2.75, 3.05) is 13.7 Å². The molecule has 0 radical (unpaired) electrons. The predicted octanol–water partition coefficient (Wildman–Crippen LogP) is 3.48. The van der Waals surface area contributed by atoms with Crippen LogP contribution in [0.15, 0.2) is 42.5 Å². The number of alkyl halides is 2. The van der Waals surface area contributed by atoms with Crippen LogP contribution in [-0.4, -0.2) is 38.1 Å². The lowest BCUT2D eigenvalue weighted by molar-refractivity contribution is -0.143. The van der Waals surface area contributed by atoms with E-state index in [2.05, 4.69) is 10.1 Å². The molecule has 1 atom stereocenters. The first-order chi connectivity index (χ1) is 14.7. The van der Waals surface area contributed by atoms with Gasteiger partial charge in [-0.05, 0) is 29.8 Å². The number of amides is 2. The Morgan fingerprint density at radius 2 is 1.84 bits per heavy atom. The number of urea groups is 1. The SMILES string of the molecule is COc1cc(C(=O)COC(=O)C[C@@H](NC(N)=O)c2ccccc2Cl)ccc1OC(F)F. The molecule has 0 heterocycles. The van der Waals surface area contributed by atoms with Gasteiger partial charge in [-0.15, -0.1) is 0 Å². The summed E-state index contributed by atoms with van der Waals surface area (Å²) in [6.07, 6.45) is -0.329. The van der Waals surface area contributed by atoms with Gasteiger partial charge in [0.05, 0.1) is 19.6 Å². The Morgan fingerprint density at radius 1 is 1.13 bits per heavy atom. The molecule has 0 saturated carbocycles. The second-order valence-corrected chi connectivity index (χ2v) is 6.52. The topological polar surface area (TPSA) is 117 Å². The molecule has 0 aliphatic carbocycles. The van der Waals surface area contributed by atoms with Crippen LogP contribution in [0.2, 0.25) is 5.02 Å². The van der Waals surface area contributed by atoms with Gasteiger partial charge in [0.2, 0.25) is 0 Å². The third kappa shape index (κ3) is 7.10. The summed E-state index contributed by atoms with van der Waals surface area (Å²) < 4.78 is 39.0. The van der Waals surface area contributed by atoms with Crippen LogP contribution < -0.4 is 20.5 Å². The van der Waals surface area contributed by atoms with Crippen molar-refractivity contribution in [2.45, 2.75) is 19.1 Å². The Balaban J connectivity index is 2.03. The Hall–Kier alpha value is -3.40. The largest absolute Gasteiger partial charge is 0.493 e. The van der Waals surface area contributed by atoms with Crippen molar-refractivity contribution in [1.82, 2.24) is 5.32 Å². The van der Waals surface area contributed by atoms with E-state index in [9.17, 15) is 23.2 Å². The first-order valence-electron chi connectivity index (χ1n) is 8.83. The molecule has 0 bridgehead atoms. The van der Waals surface area contributed by atoms with Gasteiger partial charge in [0.25, 0.3) is 0 Å². The molecule has 11 heteroatoms. The summed E-state index contributed by atoms with van der Waals surface area (Å²) in [5.74, 6) is -1.72. The first-order valence-corrected chi connectivity index (χ1v) is 9.21. The predicted molar refractivity (Wildman–Crippen MR) is 106 cm³/mol. The molecular formula is C20H19ClF2N2O6. The Kier molecular flexibility index (Phi) is 8.56. The van der Waals surface area contributed by atoms with Crippen LogP contribution in [0, 0.1) is 0 Å². The van der Waals surface area contributed by atoms with Gasteiger partial charge < -0.3 is 25.3 Å². The highest BCUT2D eigenvalue weighted by Gasteiger charge is 2.22. The molecule has 166 valence electrons. The number of nitrogens with two attached hydrogens (primary N) is 1. The summed E-state index contributed by atoms with van der Waals surface area (Å²) in [7, 11) is 1.22. The number of hydrogen-bond donors (Lipinski definition) is 2. The van der Waals surface area contributed by atoms with Crippen molar-refractivity contribution in [3.8, 4) is 11.5 Å². The van der Waals surface area contributed by atoms with Gasteiger partial charge in [-0.2, -0.15) is 8.78 Å². The number of ether oxygens (including phenoxy) is 3. The number of hydrogen-bond acceptors (Lipinski definition) is 6. The fraction of sp³-hybridized carbons (Fsp3) is 0.250. The van der Waals surface area contributed by atoms with E-state index < -0.39 is 37.0 Å². The minimum absolute atomic E-state index is 0.0594. The number of ketones is 1. The van der Waals surface area contributed by atoms with Crippen LogP contribution in [0.4, 0.5) is 13.6 Å². The minimum atomic E-state index is -3.06. The normalized spacial score (nSPS) is 11.5. The van der Waals surface area contributed by atoms with Gasteiger partial charge in [0.1, 0.15) is 0 Å². The highest BCUT2D eigenvalue weighted by atomic mass is 35.5. The zero-order valence-electron chi connectivity index (χ0n) is 16.3. The number of benzene rings is 2. The van der Waals surface area contributed by atoms with E-state index in [1.165, 1.54) is 19.2 Å². The molecule has 2 aromatic carbocycles. The van der Waals surface area contributed by atoms with Crippen LogP contribution >= 0.6 is 11.6 Å². The van der Waals surface area contributed by atoms with Crippen LogP contribution in [-0.2, 0) is 9.53 Å². The van der Waals surface area contributed by atoms with E-state index in [1.807, 2.05) is 0 Å². The zero-order valence-corrected chi connectivity index (χ0v) is 17.0. The van der Waals surface area contributed by atoms with Gasteiger partial charge in [-0.25, -0.2) is 4.79 Å². The van der Waals surface area contributed by atoms with Gasteiger partial charge >= 0.3 is 18.6 Å². The number of carbonyl (C=O) groups excluding carboxylic acids is 3. The van der Waals surface area contributed by atoms with E-state index in [-0.39, 0.29) is 23.5 Å². The molecule has 2 amide bonds. The molecule has 0 aliphatic rings. The van der Waals surface area contributed by atoms with Gasteiger partial charge in [-0.3, -0.25) is 9.59 Å². The van der Waals surface area contributed by atoms with E-state index >= 15 is 0 Å². The van der Waals surface area contributed by atoms with E-state index in [0.717, 1.165) is 6.07 Å². The zero-order chi connectivity index (χ0) is 23.0. The van der Waals surface area contributed by atoms with Crippen LogP contribution in [0.25, 0.3) is 0 Å². The molecule has 0 fully saturated rings. The monoisotopic (exact) mass is 456 g/mol. The second-order valence-electron chi connectivity index (χ2n) is 6.11. The highest BCUT2D eigenvalue weighted by Crippen LogP contribution is 2.30. The van der Waals surface area contributed by atoms with Crippen molar-refractivity contribution in [1.29, 1.82) is 0 Å². The molecule has 2 rings (SSSR count). The van der Waals surface area contributed by atoms with E-state index in [4.69, 9.17) is 26.8 Å². The number of methoxy groups -OCH3 is 1. The van der Waals surface area contributed by atoms with Crippen LogP contribution in [0.1, 0.15) is 28.4 Å². The average Bonchev–Trinajstić information content (AvgIpc) is 2.71. The highest BCUT2D eigenvalue weighted by molar-refractivity contribution is 6.31. The fourth-order valence-corrected chi connectivity index (χ4v) is 2.92. The van der Waals surface area contributed by atoms with Crippen molar-refractivity contribution < 1.29 is 37.4 Å². The Labute approximate surface area is 181 Å². The van der Waals surface area contributed by atoms with Crippen molar-refractivity contribution in [3.63, 3.8) is 0 Å².